The van der Waals surface area contributed by atoms with E-state index in [9.17, 15) is 0 Å². The monoisotopic (exact) mass is 269 g/mol. The lowest BCUT2D eigenvalue weighted by atomic mass is 10.2. The molecule has 3 nitrogen and oxygen atoms in total. The summed E-state index contributed by atoms with van der Waals surface area (Å²) in [5, 5.41) is 0. The molecule has 0 aliphatic carbocycles. The Kier molecular flexibility index (Phi) is 7.33. The number of hydrogen-bond acceptors (Lipinski definition) is 3. The number of nitrogens with zero attached hydrogens (tertiary/aromatic N) is 3. The molecule has 0 aromatic rings. The molecule has 19 heavy (non-hydrogen) atoms. The molecule has 0 bridgehead atoms. The number of rotatable bonds is 2. The van der Waals surface area contributed by atoms with Crippen LogP contribution in [0, 0.1) is 5.92 Å². The zero-order valence-electron chi connectivity index (χ0n) is 14.0. The van der Waals surface area contributed by atoms with E-state index in [-0.39, 0.29) is 0 Å². The van der Waals surface area contributed by atoms with Gasteiger partial charge in [-0.1, -0.05) is 6.92 Å². The van der Waals surface area contributed by atoms with Crippen molar-refractivity contribution in [3.05, 3.63) is 0 Å². The zero-order chi connectivity index (χ0) is 14.4. The molecule has 0 aromatic heterocycles. The first-order valence-corrected chi connectivity index (χ1v) is 8.06. The topological polar surface area (TPSA) is 9.72 Å². The molecule has 114 valence electrons. The fraction of sp³-hybridized carbons (Fsp3) is 1.00. The van der Waals surface area contributed by atoms with Crippen molar-refractivity contribution < 1.29 is 0 Å². The second kappa shape index (κ2) is 8.23. The van der Waals surface area contributed by atoms with Crippen molar-refractivity contribution in [1.29, 1.82) is 0 Å². The maximum Gasteiger partial charge on any atom is 0.0112 e. The van der Waals surface area contributed by atoms with Crippen LogP contribution in [-0.2, 0) is 0 Å². The second-order valence-corrected chi connectivity index (χ2v) is 6.92. The lowest BCUT2D eigenvalue weighted by molar-refractivity contribution is 0.126. The number of likely N-dealkylation sites (tertiary alicyclic amines) is 1. The van der Waals surface area contributed by atoms with Crippen LogP contribution in [-0.4, -0.2) is 73.1 Å². The van der Waals surface area contributed by atoms with E-state index >= 15 is 0 Å². The van der Waals surface area contributed by atoms with Crippen LogP contribution in [0.2, 0.25) is 0 Å². The molecule has 2 fully saturated rings. The van der Waals surface area contributed by atoms with Gasteiger partial charge in [0, 0.05) is 44.8 Å². The van der Waals surface area contributed by atoms with E-state index < -0.39 is 0 Å². The van der Waals surface area contributed by atoms with Crippen LogP contribution in [0.15, 0.2) is 0 Å². The Morgan fingerprint density at radius 2 is 1.32 bits per heavy atom. The quantitative estimate of drug-likeness (QED) is 0.762. The summed E-state index contributed by atoms with van der Waals surface area (Å²) in [6, 6.07) is 1.49. The average Bonchev–Trinajstić information content (AvgIpc) is 2.77. The lowest BCUT2D eigenvalue weighted by Crippen LogP contribution is -2.47. The third kappa shape index (κ3) is 6.24. The van der Waals surface area contributed by atoms with Crippen molar-refractivity contribution in [3.63, 3.8) is 0 Å². The third-order valence-electron chi connectivity index (χ3n) is 4.45. The Morgan fingerprint density at radius 1 is 0.789 bits per heavy atom. The first kappa shape index (κ1) is 16.9. The molecule has 0 spiro atoms. The molecule has 1 unspecified atom stereocenters. The average molecular weight is 269 g/mol. The third-order valence-corrected chi connectivity index (χ3v) is 4.45. The lowest BCUT2D eigenvalue weighted by Gasteiger charge is -2.34. The Labute approximate surface area is 120 Å². The molecule has 3 heteroatoms. The van der Waals surface area contributed by atoms with Gasteiger partial charge in [-0.3, -0.25) is 4.90 Å². The molecule has 2 saturated heterocycles. The van der Waals surface area contributed by atoms with E-state index in [1.54, 1.807) is 0 Å². The Balaban J connectivity index is 0.000000191. The van der Waals surface area contributed by atoms with Gasteiger partial charge in [0.2, 0.25) is 0 Å². The molecule has 0 aromatic carbocycles. The summed E-state index contributed by atoms with van der Waals surface area (Å²) in [6.07, 6.45) is 1.40. The van der Waals surface area contributed by atoms with E-state index in [0.717, 1.165) is 18.0 Å². The van der Waals surface area contributed by atoms with Crippen LogP contribution >= 0.6 is 0 Å². The van der Waals surface area contributed by atoms with Crippen LogP contribution in [0.1, 0.15) is 41.0 Å². The smallest absolute Gasteiger partial charge is 0.0112 e. The molecular weight excluding hydrogens is 234 g/mol. The SMILES string of the molecule is CC(C)N1CCN(C)CC1.CC1CCN(C(C)C)C1. The molecule has 0 radical (unpaired) electrons. The standard InChI is InChI=1S/C8H18N2.C8H17N/c1-8(2)10-6-4-9(3)5-7-10;1-7(2)9-5-4-8(3)6-9/h8H,4-7H2,1-3H3;7-8H,4-6H2,1-3H3. The Morgan fingerprint density at radius 3 is 1.63 bits per heavy atom. The maximum atomic E-state index is 2.55. The highest BCUT2D eigenvalue weighted by atomic mass is 15.3. The highest BCUT2D eigenvalue weighted by Gasteiger charge is 2.19. The molecule has 1 atom stereocenters. The van der Waals surface area contributed by atoms with Gasteiger partial charge in [0.05, 0.1) is 0 Å². The number of piperazine rings is 1. The second-order valence-electron chi connectivity index (χ2n) is 6.92. The van der Waals surface area contributed by atoms with Crippen molar-refractivity contribution in [2.75, 3.05) is 46.3 Å². The summed E-state index contributed by atoms with van der Waals surface area (Å²) in [7, 11) is 2.19. The normalized spacial score (nSPS) is 26.8. The Bertz CT molecular complexity index is 232. The van der Waals surface area contributed by atoms with Gasteiger partial charge in [-0.05, 0) is 53.6 Å². The minimum atomic E-state index is 0.730. The summed E-state index contributed by atoms with van der Waals surface area (Å²) in [4.78, 5) is 7.46. The summed E-state index contributed by atoms with van der Waals surface area (Å²) in [5.74, 6) is 0.937. The predicted octanol–water partition coefficient (Wildman–Crippen LogP) is 2.38. The molecule has 0 amide bonds. The maximum absolute atomic E-state index is 2.55. The van der Waals surface area contributed by atoms with Gasteiger partial charge in [-0.15, -0.1) is 0 Å². The van der Waals surface area contributed by atoms with Gasteiger partial charge in [0.25, 0.3) is 0 Å². The highest BCUT2D eigenvalue weighted by Crippen LogP contribution is 2.16. The van der Waals surface area contributed by atoms with Gasteiger partial charge in [0.1, 0.15) is 0 Å². The van der Waals surface area contributed by atoms with Crippen LogP contribution in [0.4, 0.5) is 0 Å². The minimum absolute atomic E-state index is 0.730. The van der Waals surface area contributed by atoms with Crippen LogP contribution in [0.5, 0.6) is 0 Å². The summed E-state index contributed by atoms with van der Waals surface area (Å²) in [6.45, 7) is 19.0. The molecule has 0 N–H and O–H groups in total. The van der Waals surface area contributed by atoms with Gasteiger partial charge in [-0.25, -0.2) is 0 Å². The summed E-state index contributed by atoms with van der Waals surface area (Å²) in [5.41, 5.74) is 0. The van der Waals surface area contributed by atoms with Crippen molar-refractivity contribution in [2.45, 2.75) is 53.1 Å². The van der Waals surface area contributed by atoms with E-state index in [0.29, 0.717) is 0 Å². The van der Waals surface area contributed by atoms with Gasteiger partial charge >= 0.3 is 0 Å². The fourth-order valence-corrected chi connectivity index (χ4v) is 2.78. The summed E-state index contributed by atoms with van der Waals surface area (Å²) >= 11 is 0. The Hall–Kier alpha value is -0.120. The zero-order valence-corrected chi connectivity index (χ0v) is 14.0. The van der Waals surface area contributed by atoms with Crippen molar-refractivity contribution in [1.82, 2.24) is 14.7 Å². The molecule has 2 aliphatic rings. The van der Waals surface area contributed by atoms with E-state index in [1.807, 2.05) is 0 Å². The fourth-order valence-electron chi connectivity index (χ4n) is 2.78. The van der Waals surface area contributed by atoms with E-state index in [2.05, 4.69) is 56.4 Å². The number of hydrogen-bond donors (Lipinski definition) is 0. The largest absolute Gasteiger partial charge is 0.304 e. The van der Waals surface area contributed by atoms with Crippen LogP contribution in [0.25, 0.3) is 0 Å². The van der Waals surface area contributed by atoms with Gasteiger partial charge < -0.3 is 9.80 Å². The van der Waals surface area contributed by atoms with E-state index in [1.165, 1.54) is 45.7 Å². The highest BCUT2D eigenvalue weighted by molar-refractivity contribution is 4.74. The van der Waals surface area contributed by atoms with Crippen molar-refractivity contribution in [3.8, 4) is 0 Å². The molecule has 0 saturated carbocycles. The predicted molar refractivity (Wildman–Crippen MR) is 84.7 cm³/mol. The van der Waals surface area contributed by atoms with Crippen LogP contribution < -0.4 is 0 Å². The molecule has 2 aliphatic heterocycles. The first-order valence-electron chi connectivity index (χ1n) is 8.06. The molecule has 2 heterocycles. The summed E-state index contributed by atoms with van der Waals surface area (Å²) < 4.78 is 0. The molecular formula is C16H35N3. The van der Waals surface area contributed by atoms with Gasteiger partial charge in [-0.2, -0.15) is 0 Å². The van der Waals surface area contributed by atoms with Crippen molar-refractivity contribution >= 4 is 0 Å². The van der Waals surface area contributed by atoms with Crippen LogP contribution in [0.3, 0.4) is 0 Å². The van der Waals surface area contributed by atoms with Crippen molar-refractivity contribution in [2.24, 2.45) is 5.92 Å². The minimum Gasteiger partial charge on any atom is -0.304 e. The number of likely N-dealkylation sites (N-methyl/N-ethyl adjacent to an activating group) is 1. The van der Waals surface area contributed by atoms with Gasteiger partial charge in [0.15, 0.2) is 0 Å². The molecule has 2 rings (SSSR count). The van der Waals surface area contributed by atoms with E-state index in [4.69, 9.17) is 0 Å². The first-order chi connectivity index (χ1) is 8.90.